The molecule has 0 aliphatic carbocycles. The summed E-state index contributed by atoms with van der Waals surface area (Å²) in [6, 6.07) is 5.54. The lowest BCUT2D eigenvalue weighted by Gasteiger charge is -2.29. The molecule has 1 unspecified atom stereocenters. The maximum absolute atomic E-state index is 5.70. The average Bonchev–Trinajstić information content (AvgIpc) is 2.43. The summed E-state index contributed by atoms with van der Waals surface area (Å²) in [7, 11) is 4.95. The first-order valence-electron chi connectivity index (χ1n) is 6.21. The summed E-state index contributed by atoms with van der Waals surface area (Å²) in [5, 5.41) is 0. The van der Waals surface area contributed by atoms with Gasteiger partial charge in [-0.05, 0) is 32.4 Å². The number of ether oxygens (including phenoxy) is 3. The third-order valence-electron chi connectivity index (χ3n) is 3.26. The van der Waals surface area contributed by atoms with Gasteiger partial charge in [-0.1, -0.05) is 6.07 Å². The molecule has 0 heterocycles. The van der Waals surface area contributed by atoms with Crippen LogP contribution in [-0.2, 0) is 4.74 Å². The van der Waals surface area contributed by atoms with E-state index in [2.05, 4.69) is 5.43 Å². The Morgan fingerprint density at radius 2 is 1.68 bits per heavy atom. The van der Waals surface area contributed by atoms with Crippen LogP contribution in [0.15, 0.2) is 18.2 Å². The van der Waals surface area contributed by atoms with Crippen molar-refractivity contribution in [1.29, 1.82) is 0 Å². The van der Waals surface area contributed by atoms with Gasteiger partial charge in [0.1, 0.15) is 11.5 Å². The van der Waals surface area contributed by atoms with E-state index in [0.29, 0.717) is 6.42 Å². The number of hydrogen-bond donors (Lipinski definition) is 2. The zero-order valence-corrected chi connectivity index (χ0v) is 12.3. The van der Waals surface area contributed by atoms with Gasteiger partial charge in [0.05, 0.1) is 31.4 Å². The Morgan fingerprint density at radius 3 is 2.05 bits per heavy atom. The molecule has 0 radical (unpaired) electrons. The van der Waals surface area contributed by atoms with E-state index in [1.807, 2.05) is 32.0 Å². The molecule has 1 aromatic carbocycles. The normalized spacial score (nSPS) is 13.2. The molecule has 19 heavy (non-hydrogen) atoms. The fourth-order valence-corrected chi connectivity index (χ4v) is 2.04. The molecule has 1 rings (SSSR count). The Labute approximate surface area is 115 Å². The first-order valence-corrected chi connectivity index (χ1v) is 6.21. The highest BCUT2D eigenvalue weighted by molar-refractivity contribution is 5.47. The highest BCUT2D eigenvalue weighted by Gasteiger charge is 2.27. The van der Waals surface area contributed by atoms with Gasteiger partial charge >= 0.3 is 0 Å². The fourth-order valence-electron chi connectivity index (χ4n) is 2.04. The SMILES string of the molecule is COc1cccc(OC)c1C(CC(C)(C)OC)NN. The highest BCUT2D eigenvalue weighted by Crippen LogP contribution is 2.37. The Balaban J connectivity index is 3.16. The molecule has 0 saturated heterocycles. The lowest BCUT2D eigenvalue weighted by Crippen LogP contribution is -2.35. The van der Waals surface area contributed by atoms with Crippen molar-refractivity contribution in [2.45, 2.75) is 31.9 Å². The summed E-state index contributed by atoms with van der Waals surface area (Å²) in [6.45, 7) is 4.03. The molecule has 3 N–H and O–H groups in total. The molecular formula is C14H24N2O3. The van der Waals surface area contributed by atoms with Crippen molar-refractivity contribution in [3.8, 4) is 11.5 Å². The average molecular weight is 268 g/mol. The van der Waals surface area contributed by atoms with Gasteiger partial charge in [0.25, 0.3) is 0 Å². The molecule has 108 valence electrons. The zero-order chi connectivity index (χ0) is 14.5. The van der Waals surface area contributed by atoms with Gasteiger partial charge < -0.3 is 14.2 Å². The Bertz CT molecular complexity index is 385. The van der Waals surface area contributed by atoms with Crippen LogP contribution in [0.5, 0.6) is 11.5 Å². The molecule has 0 bridgehead atoms. The lowest BCUT2D eigenvalue weighted by atomic mass is 9.93. The second-order valence-corrected chi connectivity index (χ2v) is 4.96. The Kier molecular flexibility index (Phi) is 5.60. The summed E-state index contributed by atoms with van der Waals surface area (Å²) >= 11 is 0. The standard InChI is InChI=1S/C14H24N2O3/c1-14(2,19-5)9-10(16-15)13-11(17-3)7-6-8-12(13)18-4/h6-8,10,16H,9,15H2,1-5H3. The first kappa shape index (κ1) is 15.8. The van der Waals surface area contributed by atoms with Gasteiger partial charge in [-0.3, -0.25) is 11.3 Å². The predicted octanol–water partition coefficient (Wildman–Crippen LogP) is 2.02. The second kappa shape index (κ2) is 6.75. The van der Waals surface area contributed by atoms with Crippen molar-refractivity contribution in [3.63, 3.8) is 0 Å². The number of rotatable bonds is 7. The quantitative estimate of drug-likeness (QED) is 0.585. The molecular weight excluding hydrogens is 244 g/mol. The maximum atomic E-state index is 5.70. The van der Waals surface area contributed by atoms with E-state index in [9.17, 15) is 0 Å². The van der Waals surface area contributed by atoms with E-state index >= 15 is 0 Å². The third-order valence-corrected chi connectivity index (χ3v) is 3.26. The lowest BCUT2D eigenvalue weighted by molar-refractivity contribution is 0.00647. The van der Waals surface area contributed by atoms with E-state index in [1.54, 1.807) is 21.3 Å². The van der Waals surface area contributed by atoms with E-state index in [-0.39, 0.29) is 11.6 Å². The van der Waals surface area contributed by atoms with Crippen molar-refractivity contribution in [3.05, 3.63) is 23.8 Å². The maximum Gasteiger partial charge on any atom is 0.127 e. The number of hydrazine groups is 1. The largest absolute Gasteiger partial charge is 0.496 e. The number of hydrogen-bond acceptors (Lipinski definition) is 5. The molecule has 0 aliphatic heterocycles. The van der Waals surface area contributed by atoms with Crippen molar-refractivity contribution in [2.75, 3.05) is 21.3 Å². The van der Waals surface area contributed by atoms with E-state index < -0.39 is 0 Å². The van der Waals surface area contributed by atoms with Crippen molar-refractivity contribution in [2.24, 2.45) is 5.84 Å². The van der Waals surface area contributed by atoms with Crippen LogP contribution in [-0.4, -0.2) is 26.9 Å². The van der Waals surface area contributed by atoms with Gasteiger partial charge in [0, 0.05) is 7.11 Å². The number of nitrogens with two attached hydrogens (primary N) is 1. The van der Waals surface area contributed by atoms with Crippen molar-refractivity contribution >= 4 is 0 Å². The molecule has 5 heteroatoms. The Hall–Kier alpha value is -1.30. The second-order valence-electron chi connectivity index (χ2n) is 4.96. The summed E-state index contributed by atoms with van der Waals surface area (Å²) in [5.74, 6) is 7.19. The fraction of sp³-hybridized carbons (Fsp3) is 0.571. The third kappa shape index (κ3) is 3.83. The summed E-state index contributed by atoms with van der Waals surface area (Å²) in [6.07, 6.45) is 0.691. The van der Waals surface area contributed by atoms with Crippen LogP contribution in [0.1, 0.15) is 31.9 Å². The van der Waals surface area contributed by atoms with E-state index in [0.717, 1.165) is 17.1 Å². The van der Waals surface area contributed by atoms with Gasteiger partial charge in [-0.15, -0.1) is 0 Å². The molecule has 0 saturated carbocycles. The summed E-state index contributed by atoms with van der Waals surface area (Å²) < 4.78 is 16.3. The molecule has 0 aliphatic rings. The first-order chi connectivity index (χ1) is 8.99. The predicted molar refractivity (Wildman–Crippen MR) is 75.3 cm³/mol. The van der Waals surface area contributed by atoms with Crippen LogP contribution < -0.4 is 20.7 Å². The Morgan fingerprint density at radius 1 is 1.16 bits per heavy atom. The minimum absolute atomic E-state index is 0.124. The van der Waals surface area contributed by atoms with Gasteiger partial charge in [0.15, 0.2) is 0 Å². The minimum Gasteiger partial charge on any atom is -0.496 e. The van der Waals surface area contributed by atoms with Crippen molar-refractivity contribution < 1.29 is 14.2 Å². The molecule has 0 aromatic heterocycles. The van der Waals surface area contributed by atoms with E-state index in [4.69, 9.17) is 20.1 Å². The molecule has 0 amide bonds. The molecule has 1 aromatic rings. The highest BCUT2D eigenvalue weighted by atomic mass is 16.5. The van der Waals surface area contributed by atoms with Crippen LogP contribution in [0, 0.1) is 0 Å². The van der Waals surface area contributed by atoms with E-state index in [1.165, 1.54) is 0 Å². The number of methoxy groups -OCH3 is 3. The monoisotopic (exact) mass is 268 g/mol. The number of benzene rings is 1. The minimum atomic E-state index is -0.303. The van der Waals surface area contributed by atoms with Crippen LogP contribution in [0.25, 0.3) is 0 Å². The molecule has 0 spiro atoms. The zero-order valence-electron chi connectivity index (χ0n) is 12.3. The van der Waals surface area contributed by atoms with Crippen LogP contribution in [0.4, 0.5) is 0 Å². The van der Waals surface area contributed by atoms with Gasteiger partial charge in [-0.25, -0.2) is 0 Å². The van der Waals surface area contributed by atoms with Crippen LogP contribution in [0.2, 0.25) is 0 Å². The molecule has 0 fully saturated rings. The van der Waals surface area contributed by atoms with Crippen LogP contribution in [0.3, 0.4) is 0 Å². The topological polar surface area (TPSA) is 65.7 Å². The van der Waals surface area contributed by atoms with Gasteiger partial charge in [-0.2, -0.15) is 0 Å². The smallest absolute Gasteiger partial charge is 0.127 e. The number of nitrogens with one attached hydrogen (secondary N) is 1. The summed E-state index contributed by atoms with van der Waals surface area (Å²) in [5.41, 5.74) is 3.42. The summed E-state index contributed by atoms with van der Waals surface area (Å²) in [4.78, 5) is 0. The van der Waals surface area contributed by atoms with Gasteiger partial charge in [0.2, 0.25) is 0 Å². The molecule has 1 atom stereocenters. The molecule has 5 nitrogen and oxygen atoms in total. The van der Waals surface area contributed by atoms with Crippen molar-refractivity contribution in [1.82, 2.24) is 5.43 Å². The van der Waals surface area contributed by atoms with Crippen LogP contribution >= 0.6 is 0 Å².